The summed E-state index contributed by atoms with van der Waals surface area (Å²) in [5.74, 6) is 0.363. The van der Waals surface area contributed by atoms with Gasteiger partial charge in [0.1, 0.15) is 11.5 Å². The summed E-state index contributed by atoms with van der Waals surface area (Å²) in [4.78, 5) is 10.9. The van der Waals surface area contributed by atoms with E-state index in [0.29, 0.717) is 23.3 Å². The van der Waals surface area contributed by atoms with Crippen molar-refractivity contribution in [3.05, 3.63) is 35.8 Å². The Balaban J connectivity index is 2.23. The first-order valence-electron chi connectivity index (χ1n) is 5.59. The van der Waals surface area contributed by atoms with Gasteiger partial charge < -0.3 is 11.1 Å². The van der Waals surface area contributed by atoms with Gasteiger partial charge >= 0.3 is 0 Å². The smallest absolute Gasteiger partial charge is 0.168 e. The summed E-state index contributed by atoms with van der Waals surface area (Å²) < 4.78 is 0. The number of rotatable bonds is 4. The third-order valence-electron chi connectivity index (χ3n) is 2.67. The molecule has 0 unspecified atom stereocenters. The van der Waals surface area contributed by atoms with Crippen LogP contribution in [0.5, 0.6) is 0 Å². The Hall–Kier alpha value is -2.04. The van der Waals surface area contributed by atoms with Crippen LogP contribution in [0.15, 0.2) is 40.9 Å². The van der Waals surface area contributed by atoms with Crippen LogP contribution in [0.4, 0.5) is 0 Å². The molecule has 5 nitrogen and oxygen atoms in total. The second kappa shape index (κ2) is 4.45. The maximum Gasteiger partial charge on any atom is 0.168 e. The highest BCUT2D eigenvalue weighted by molar-refractivity contribution is 5.94. The number of aldehydes is 1. The zero-order valence-corrected chi connectivity index (χ0v) is 9.81. The van der Waals surface area contributed by atoms with E-state index >= 15 is 0 Å². The summed E-state index contributed by atoms with van der Waals surface area (Å²) in [6.07, 6.45) is 6.48. The van der Waals surface area contributed by atoms with E-state index in [1.165, 1.54) is 5.01 Å². The summed E-state index contributed by atoms with van der Waals surface area (Å²) >= 11 is 0. The van der Waals surface area contributed by atoms with Crippen LogP contribution in [0.25, 0.3) is 0 Å². The number of nitrogens with zero attached hydrogens (tertiary/aromatic N) is 2. The average molecular weight is 232 g/mol. The number of carbonyl (C=O) groups is 1. The van der Waals surface area contributed by atoms with Crippen LogP contribution >= 0.6 is 0 Å². The Morgan fingerprint density at radius 1 is 1.71 bits per heavy atom. The molecular weight excluding hydrogens is 216 g/mol. The van der Waals surface area contributed by atoms with Crippen LogP contribution in [-0.4, -0.2) is 23.2 Å². The molecule has 0 amide bonds. The van der Waals surface area contributed by atoms with Gasteiger partial charge in [0.25, 0.3) is 0 Å². The number of hydrogen-bond acceptors (Lipinski definition) is 5. The number of carbonyl (C=O) groups excluding carboxylic acids is 1. The minimum Gasteiger partial charge on any atom is -0.382 e. The molecule has 0 spiro atoms. The standard InChI is InChI=1S/C12H16N4O/c1-3-10(7-17)16-8(2)11(6-12(13)15-16)14-9-4-5-9/h3,6-7,9,14H,2,4-5H2,1H3,(H2,13,15)/b10-3-. The van der Waals surface area contributed by atoms with E-state index in [4.69, 9.17) is 5.73 Å². The summed E-state index contributed by atoms with van der Waals surface area (Å²) in [6.45, 7) is 5.71. The first kappa shape index (κ1) is 11.4. The lowest BCUT2D eigenvalue weighted by atomic mass is 10.2. The molecule has 3 N–H and O–H groups in total. The average Bonchev–Trinajstić information content (AvgIpc) is 3.10. The van der Waals surface area contributed by atoms with E-state index < -0.39 is 0 Å². The third-order valence-corrected chi connectivity index (χ3v) is 2.67. The predicted molar refractivity (Wildman–Crippen MR) is 66.7 cm³/mol. The van der Waals surface area contributed by atoms with Gasteiger partial charge in [-0.05, 0) is 19.8 Å². The summed E-state index contributed by atoms with van der Waals surface area (Å²) in [5, 5.41) is 8.88. The maximum atomic E-state index is 10.9. The molecule has 0 aromatic carbocycles. The minimum atomic E-state index is 0.363. The zero-order valence-electron chi connectivity index (χ0n) is 9.81. The van der Waals surface area contributed by atoms with Crippen molar-refractivity contribution < 1.29 is 4.79 Å². The monoisotopic (exact) mass is 232 g/mol. The molecule has 5 heteroatoms. The fourth-order valence-corrected chi connectivity index (χ4v) is 1.58. The molecule has 1 aliphatic carbocycles. The van der Waals surface area contributed by atoms with E-state index in [0.717, 1.165) is 24.8 Å². The van der Waals surface area contributed by atoms with Crippen LogP contribution < -0.4 is 11.1 Å². The third kappa shape index (κ3) is 2.38. The summed E-state index contributed by atoms with van der Waals surface area (Å²) in [7, 11) is 0. The molecule has 90 valence electrons. The van der Waals surface area contributed by atoms with Crippen molar-refractivity contribution >= 4 is 12.1 Å². The lowest BCUT2D eigenvalue weighted by Gasteiger charge is -2.27. The number of allylic oxidation sites excluding steroid dienone is 2. The largest absolute Gasteiger partial charge is 0.382 e. The predicted octanol–water partition coefficient (Wildman–Crippen LogP) is 0.827. The highest BCUT2D eigenvalue weighted by Gasteiger charge is 2.26. The first-order chi connectivity index (χ1) is 8.15. The molecule has 0 bridgehead atoms. The van der Waals surface area contributed by atoms with Crippen molar-refractivity contribution in [1.29, 1.82) is 0 Å². The second-order valence-electron chi connectivity index (χ2n) is 4.09. The van der Waals surface area contributed by atoms with Gasteiger partial charge in [-0.25, -0.2) is 5.01 Å². The Morgan fingerprint density at radius 3 is 2.94 bits per heavy atom. The van der Waals surface area contributed by atoms with Crippen LogP contribution in [0.2, 0.25) is 0 Å². The Morgan fingerprint density at radius 2 is 2.41 bits per heavy atom. The second-order valence-corrected chi connectivity index (χ2v) is 4.09. The van der Waals surface area contributed by atoms with Crippen molar-refractivity contribution in [3.8, 4) is 0 Å². The molecule has 2 rings (SSSR count). The molecule has 0 aromatic heterocycles. The minimum absolute atomic E-state index is 0.363. The molecule has 1 heterocycles. The first-order valence-corrected chi connectivity index (χ1v) is 5.59. The molecule has 1 aliphatic heterocycles. The molecule has 1 fully saturated rings. The van der Waals surface area contributed by atoms with Crippen LogP contribution in [0.3, 0.4) is 0 Å². The van der Waals surface area contributed by atoms with Crippen molar-refractivity contribution in [1.82, 2.24) is 10.3 Å². The zero-order chi connectivity index (χ0) is 12.4. The summed E-state index contributed by atoms with van der Waals surface area (Å²) in [5.41, 5.74) is 7.64. The quantitative estimate of drug-likeness (QED) is 0.556. The Kier molecular flexibility index (Phi) is 2.99. The van der Waals surface area contributed by atoms with E-state index in [2.05, 4.69) is 17.0 Å². The topological polar surface area (TPSA) is 70.7 Å². The Labute approximate surface area is 100 Å². The van der Waals surface area contributed by atoms with Gasteiger partial charge in [0, 0.05) is 12.1 Å². The fourth-order valence-electron chi connectivity index (χ4n) is 1.58. The molecule has 0 atom stereocenters. The lowest BCUT2D eigenvalue weighted by Crippen LogP contribution is -2.32. The summed E-state index contributed by atoms with van der Waals surface area (Å²) in [6, 6.07) is 0.496. The number of nitrogens with two attached hydrogens (primary N) is 1. The highest BCUT2D eigenvalue weighted by atomic mass is 16.1. The van der Waals surface area contributed by atoms with Gasteiger partial charge in [-0.2, -0.15) is 0 Å². The number of hydrazone groups is 1. The van der Waals surface area contributed by atoms with Crippen molar-refractivity contribution in [3.63, 3.8) is 0 Å². The van der Waals surface area contributed by atoms with Crippen molar-refractivity contribution in [2.24, 2.45) is 10.8 Å². The molecule has 17 heavy (non-hydrogen) atoms. The van der Waals surface area contributed by atoms with Crippen molar-refractivity contribution in [2.75, 3.05) is 0 Å². The number of nitrogens with one attached hydrogen (secondary N) is 1. The van der Waals surface area contributed by atoms with Crippen LogP contribution in [0, 0.1) is 0 Å². The number of amidine groups is 1. The SMILES string of the molecule is C=C1C(NC2CC2)=CC(N)=NN1/C(C=O)=C\C. The highest BCUT2D eigenvalue weighted by Crippen LogP contribution is 2.26. The lowest BCUT2D eigenvalue weighted by molar-refractivity contribution is -0.106. The van der Waals surface area contributed by atoms with E-state index in [-0.39, 0.29) is 0 Å². The Bertz CT molecular complexity index is 443. The van der Waals surface area contributed by atoms with Crippen LogP contribution in [0.1, 0.15) is 19.8 Å². The molecule has 1 saturated carbocycles. The van der Waals surface area contributed by atoms with Gasteiger partial charge in [0.15, 0.2) is 6.29 Å². The molecule has 0 aromatic rings. The van der Waals surface area contributed by atoms with E-state index in [1.54, 1.807) is 19.1 Å². The van der Waals surface area contributed by atoms with Gasteiger partial charge in [-0.3, -0.25) is 4.79 Å². The molecule has 2 aliphatic rings. The van der Waals surface area contributed by atoms with Gasteiger partial charge in [-0.1, -0.05) is 12.7 Å². The normalized spacial score (nSPS) is 20.9. The molecular formula is C12H16N4O. The maximum absolute atomic E-state index is 10.9. The van der Waals surface area contributed by atoms with Gasteiger partial charge in [-0.15, -0.1) is 5.10 Å². The molecule has 0 radical (unpaired) electrons. The molecule has 0 saturated heterocycles. The fraction of sp³-hybridized carbons (Fsp3) is 0.333. The van der Waals surface area contributed by atoms with Crippen LogP contribution in [-0.2, 0) is 4.79 Å². The van der Waals surface area contributed by atoms with Gasteiger partial charge in [0.05, 0.1) is 11.4 Å². The van der Waals surface area contributed by atoms with E-state index in [9.17, 15) is 4.79 Å². The van der Waals surface area contributed by atoms with Crippen molar-refractivity contribution in [2.45, 2.75) is 25.8 Å². The number of hydrogen-bond donors (Lipinski definition) is 2. The van der Waals surface area contributed by atoms with Gasteiger partial charge in [0.2, 0.25) is 0 Å². The van der Waals surface area contributed by atoms with E-state index in [1.807, 2.05) is 0 Å².